The normalized spacial score (nSPS) is 11.0. The molecule has 0 atom stereocenters. The predicted octanol–water partition coefficient (Wildman–Crippen LogP) is 4.71. The number of nitrogens with two attached hydrogens (primary N) is 1. The SMILES string of the molecule is N#Cc1ccc(Br)cc1Oc1ccc(C(F)(F)F)cc1N. The highest BCUT2D eigenvalue weighted by Gasteiger charge is 2.31. The van der Waals surface area contributed by atoms with E-state index in [2.05, 4.69) is 15.9 Å². The van der Waals surface area contributed by atoms with E-state index in [-0.39, 0.29) is 22.7 Å². The van der Waals surface area contributed by atoms with Crippen LogP contribution in [0.5, 0.6) is 11.5 Å². The first kappa shape index (κ1) is 15.2. The van der Waals surface area contributed by atoms with Gasteiger partial charge in [-0.3, -0.25) is 0 Å². The molecule has 7 heteroatoms. The average Bonchev–Trinajstić information content (AvgIpc) is 2.40. The van der Waals surface area contributed by atoms with Gasteiger partial charge in [0, 0.05) is 4.47 Å². The minimum atomic E-state index is -4.47. The van der Waals surface area contributed by atoms with E-state index in [1.807, 2.05) is 6.07 Å². The molecule has 0 spiro atoms. The van der Waals surface area contributed by atoms with E-state index in [1.165, 1.54) is 12.1 Å². The number of ether oxygens (including phenoxy) is 1. The molecule has 0 aliphatic heterocycles. The average molecular weight is 357 g/mol. The molecule has 0 radical (unpaired) electrons. The van der Waals surface area contributed by atoms with E-state index in [1.54, 1.807) is 6.07 Å². The number of benzene rings is 2. The topological polar surface area (TPSA) is 59.0 Å². The Labute approximate surface area is 126 Å². The molecular formula is C14H8BrF3N2O. The van der Waals surface area contributed by atoms with Crippen molar-refractivity contribution in [2.24, 2.45) is 0 Å². The molecule has 0 fully saturated rings. The molecule has 2 aromatic rings. The lowest BCUT2D eigenvalue weighted by molar-refractivity contribution is -0.137. The van der Waals surface area contributed by atoms with Crippen LogP contribution in [0.25, 0.3) is 0 Å². The van der Waals surface area contributed by atoms with Gasteiger partial charge in [-0.15, -0.1) is 0 Å². The summed E-state index contributed by atoms with van der Waals surface area (Å²) >= 11 is 3.23. The minimum absolute atomic E-state index is 0.0533. The summed E-state index contributed by atoms with van der Waals surface area (Å²) in [6, 6.07) is 9.44. The number of nitrogens with zero attached hydrogens (tertiary/aromatic N) is 1. The van der Waals surface area contributed by atoms with Crippen molar-refractivity contribution in [2.75, 3.05) is 5.73 Å². The molecule has 3 nitrogen and oxygen atoms in total. The lowest BCUT2D eigenvalue weighted by atomic mass is 10.1. The van der Waals surface area contributed by atoms with Gasteiger partial charge >= 0.3 is 6.18 Å². The highest BCUT2D eigenvalue weighted by Crippen LogP contribution is 2.36. The maximum absolute atomic E-state index is 12.6. The van der Waals surface area contributed by atoms with Crippen LogP contribution in [0, 0.1) is 11.3 Å². The standard InChI is InChI=1S/C14H8BrF3N2O/c15-10-3-1-8(7-19)13(6-10)21-12-4-2-9(5-11(12)20)14(16,17)18/h1-6H,20H2. The Kier molecular flexibility index (Phi) is 4.09. The van der Waals surface area contributed by atoms with E-state index in [9.17, 15) is 13.2 Å². The molecule has 2 aromatic carbocycles. The second-order valence-electron chi connectivity index (χ2n) is 4.10. The van der Waals surface area contributed by atoms with Gasteiger partial charge in [-0.25, -0.2) is 0 Å². The molecule has 0 aromatic heterocycles. The molecule has 0 bridgehead atoms. The summed E-state index contributed by atoms with van der Waals surface area (Å²) < 4.78 is 43.8. The highest BCUT2D eigenvalue weighted by atomic mass is 79.9. The molecule has 0 heterocycles. The summed E-state index contributed by atoms with van der Waals surface area (Å²) in [5.41, 5.74) is 4.81. The zero-order chi connectivity index (χ0) is 15.6. The highest BCUT2D eigenvalue weighted by molar-refractivity contribution is 9.10. The van der Waals surface area contributed by atoms with Crippen molar-refractivity contribution in [1.29, 1.82) is 5.26 Å². The van der Waals surface area contributed by atoms with Crippen molar-refractivity contribution < 1.29 is 17.9 Å². The molecular weight excluding hydrogens is 349 g/mol. The number of alkyl halides is 3. The van der Waals surface area contributed by atoms with Crippen molar-refractivity contribution in [3.8, 4) is 17.6 Å². The smallest absolute Gasteiger partial charge is 0.416 e. The maximum atomic E-state index is 12.6. The van der Waals surface area contributed by atoms with Gasteiger partial charge in [0.15, 0.2) is 0 Å². The summed E-state index contributed by atoms with van der Waals surface area (Å²) in [6.07, 6.45) is -4.47. The van der Waals surface area contributed by atoms with Gasteiger partial charge in [0.2, 0.25) is 0 Å². The van der Waals surface area contributed by atoms with Crippen LogP contribution >= 0.6 is 15.9 Å². The first-order valence-corrected chi connectivity index (χ1v) is 6.45. The van der Waals surface area contributed by atoms with Gasteiger partial charge < -0.3 is 10.5 Å². The van der Waals surface area contributed by atoms with Crippen molar-refractivity contribution in [1.82, 2.24) is 0 Å². The third-order valence-electron chi connectivity index (χ3n) is 2.62. The van der Waals surface area contributed by atoms with Crippen LogP contribution < -0.4 is 10.5 Å². The number of anilines is 1. The Morgan fingerprint density at radius 2 is 1.81 bits per heavy atom. The number of hydrogen-bond donors (Lipinski definition) is 1. The van der Waals surface area contributed by atoms with Gasteiger partial charge in [-0.05, 0) is 36.4 Å². The zero-order valence-electron chi connectivity index (χ0n) is 10.4. The van der Waals surface area contributed by atoms with Crippen LogP contribution in [0.15, 0.2) is 40.9 Å². The second-order valence-corrected chi connectivity index (χ2v) is 5.02. The fraction of sp³-hybridized carbons (Fsp3) is 0.0714. The Morgan fingerprint density at radius 3 is 2.38 bits per heavy atom. The molecule has 108 valence electrons. The number of rotatable bonds is 2. The monoisotopic (exact) mass is 356 g/mol. The van der Waals surface area contributed by atoms with Crippen LogP contribution in [0.4, 0.5) is 18.9 Å². The van der Waals surface area contributed by atoms with E-state index in [4.69, 9.17) is 15.7 Å². The molecule has 0 amide bonds. The molecule has 0 unspecified atom stereocenters. The summed E-state index contributed by atoms with van der Waals surface area (Å²) in [7, 11) is 0. The summed E-state index contributed by atoms with van der Waals surface area (Å²) in [5, 5.41) is 8.98. The molecule has 0 aliphatic carbocycles. The van der Waals surface area contributed by atoms with Crippen LogP contribution in [0.2, 0.25) is 0 Å². The van der Waals surface area contributed by atoms with Gasteiger partial charge in [0.25, 0.3) is 0 Å². The molecule has 2 N–H and O–H groups in total. The van der Waals surface area contributed by atoms with Crippen LogP contribution in [-0.4, -0.2) is 0 Å². The van der Waals surface area contributed by atoms with Gasteiger partial charge in [-0.2, -0.15) is 18.4 Å². The quantitative estimate of drug-likeness (QED) is 0.792. The van der Waals surface area contributed by atoms with E-state index < -0.39 is 11.7 Å². The molecule has 21 heavy (non-hydrogen) atoms. The van der Waals surface area contributed by atoms with Crippen molar-refractivity contribution >= 4 is 21.6 Å². The number of nitrogen functional groups attached to an aromatic ring is 1. The Balaban J connectivity index is 2.37. The lowest BCUT2D eigenvalue weighted by Crippen LogP contribution is -2.06. The summed E-state index contributed by atoms with van der Waals surface area (Å²) in [5.74, 6) is 0.260. The fourth-order valence-corrected chi connectivity index (χ4v) is 1.95. The van der Waals surface area contributed by atoms with Crippen molar-refractivity contribution in [3.63, 3.8) is 0 Å². The summed E-state index contributed by atoms with van der Waals surface area (Å²) in [4.78, 5) is 0. The van der Waals surface area contributed by atoms with Crippen LogP contribution in [0.1, 0.15) is 11.1 Å². The first-order chi connectivity index (χ1) is 9.81. The molecule has 2 rings (SSSR count). The lowest BCUT2D eigenvalue weighted by Gasteiger charge is -2.12. The van der Waals surface area contributed by atoms with E-state index in [0.29, 0.717) is 4.47 Å². The zero-order valence-corrected chi connectivity index (χ0v) is 12.0. The molecule has 0 saturated heterocycles. The Morgan fingerprint density at radius 1 is 1.10 bits per heavy atom. The second kappa shape index (κ2) is 5.66. The van der Waals surface area contributed by atoms with Crippen molar-refractivity contribution in [3.05, 3.63) is 52.0 Å². The third-order valence-corrected chi connectivity index (χ3v) is 3.11. The van der Waals surface area contributed by atoms with Crippen LogP contribution in [-0.2, 0) is 6.18 Å². The van der Waals surface area contributed by atoms with Crippen molar-refractivity contribution in [2.45, 2.75) is 6.18 Å². The van der Waals surface area contributed by atoms with E-state index >= 15 is 0 Å². The molecule has 0 aliphatic rings. The molecule has 0 saturated carbocycles. The van der Waals surface area contributed by atoms with Gasteiger partial charge in [0.05, 0.1) is 16.8 Å². The number of nitriles is 1. The Bertz CT molecular complexity index is 723. The van der Waals surface area contributed by atoms with Gasteiger partial charge in [0.1, 0.15) is 17.6 Å². The largest absolute Gasteiger partial charge is 0.454 e. The number of halogens is 4. The van der Waals surface area contributed by atoms with Crippen LogP contribution in [0.3, 0.4) is 0 Å². The fourth-order valence-electron chi connectivity index (χ4n) is 1.61. The third kappa shape index (κ3) is 3.47. The Hall–Kier alpha value is -2.20. The van der Waals surface area contributed by atoms with E-state index in [0.717, 1.165) is 18.2 Å². The number of hydrogen-bond acceptors (Lipinski definition) is 3. The van der Waals surface area contributed by atoms with Gasteiger partial charge in [-0.1, -0.05) is 15.9 Å². The first-order valence-electron chi connectivity index (χ1n) is 5.65. The predicted molar refractivity (Wildman–Crippen MR) is 74.8 cm³/mol. The minimum Gasteiger partial charge on any atom is -0.454 e. The summed E-state index contributed by atoms with van der Waals surface area (Å²) in [6.45, 7) is 0. The maximum Gasteiger partial charge on any atom is 0.416 e.